The van der Waals surface area contributed by atoms with Crippen molar-refractivity contribution < 1.29 is 19.5 Å². The number of carboxylic acids is 1. The molecule has 1 unspecified atom stereocenters. The Labute approximate surface area is 98.7 Å². The van der Waals surface area contributed by atoms with Gasteiger partial charge in [0.05, 0.1) is 6.42 Å². The number of carbonyl (C=O) groups is 3. The molecule has 3 N–H and O–H groups in total. The summed E-state index contributed by atoms with van der Waals surface area (Å²) in [6.45, 7) is 0. The van der Waals surface area contributed by atoms with Gasteiger partial charge in [0.1, 0.15) is 0 Å². The topological polar surface area (TPSA) is 95.5 Å². The molecule has 2 aliphatic rings. The molecule has 6 heteroatoms. The smallest absolute Gasteiger partial charge is 0.303 e. The lowest BCUT2D eigenvalue weighted by Gasteiger charge is -2.26. The molecular weight excluding hydrogens is 224 g/mol. The summed E-state index contributed by atoms with van der Waals surface area (Å²) in [5, 5.41) is 8.38. The maximum absolute atomic E-state index is 11.6. The molecule has 0 radical (unpaired) electrons. The highest BCUT2D eigenvalue weighted by molar-refractivity contribution is 5.86. The Bertz CT molecular complexity index is 362. The largest absolute Gasteiger partial charge is 0.481 e. The molecule has 0 aromatic heterocycles. The minimum absolute atomic E-state index is 0.0380. The predicted octanol–water partition coefficient (Wildman–Crippen LogP) is 0.189. The van der Waals surface area contributed by atoms with E-state index in [0.29, 0.717) is 0 Å². The lowest BCUT2D eigenvalue weighted by molar-refractivity contribution is -0.139. The van der Waals surface area contributed by atoms with Crippen molar-refractivity contribution in [3.63, 3.8) is 0 Å². The zero-order valence-electron chi connectivity index (χ0n) is 9.49. The van der Waals surface area contributed by atoms with E-state index in [0.717, 1.165) is 19.3 Å². The molecule has 2 fully saturated rings. The van der Waals surface area contributed by atoms with Gasteiger partial charge in [-0.15, -0.1) is 0 Å². The van der Waals surface area contributed by atoms with Gasteiger partial charge in [0.25, 0.3) is 0 Å². The zero-order valence-corrected chi connectivity index (χ0v) is 9.49. The van der Waals surface area contributed by atoms with Gasteiger partial charge in [-0.3, -0.25) is 25.2 Å². The quantitative estimate of drug-likeness (QED) is 0.611. The molecule has 1 spiro atoms. The van der Waals surface area contributed by atoms with E-state index in [1.165, 1.54) is 6.42 Å². The number of carboxylic acid groups (broad SMARTS) is 1. The van der Waals surface area contributed by atoms with Crippen LogP contribution in [0.15, 0.2) is 0 Å². The van der Waals surface area contributed by atoms with Crippen molar-refractivity contribution in [2.75, 3.05) is 0 Å². The van der Waals surface area contributed by atoms with E-state index in [4.69, 9.17) is 5.11 Å². The van der Waals surface area contributed by atoms with E-state index in [1.54, 1.807) is 0 Å². The number of nitrogens with one attached hydrogen (secondary N) is 2. The first-order valence-electron chi connectivity index (χ1n) is 5.84. The molecule has 17 heavy (non-hydrogen) atoms. The van der Waals surface area contributed by atoms with Gasteiger partial charge in [0.15, 0.2) is 0 Å². The van der Waals surface area contributed by atoms with Crippen molar-refractivity contribution >= 4 is 17.8 Å². The van der Waals surface area contributed by atoms with Crippen LogP contribution >= 0.6 is 0 Å². The molecule has 2 rings (SSSR count). The number of hydrogen-bond donors (Lipinski definition) is 3. The zero-order chi connectivity index (χ0) is 12.5. The van der Waals surface area contributed by atoms with E-state index in [-0.39, 0.29) is 30.1 Å². The van der Waals surface area contributed by atoms with Crippen LogP contribution in [-0.4, -0.2) is 22.9 Å². The van der Waals surface area contributed by atoms with Crippen molar-refractivity contribution in [3.05, 3.63) is 0 Å². The summed E-state index contributed by atoms with van der Waals surface area (Å²) in [5.74, 6) is -1.60. The van der Waals surface area contributed by atoms with Gasteiger partial charge in [-0.05, 0) is 24.7 Å². The fraction of sp³-hybridized carbons (Fsp3) is 0.727. The van der Waals surface area contributed by atoms with Crippen molar-refractivity contribution in [2.45, 2.75) is 38.5 Å². The minimum Gasteiger partial charge on any atom is -0.481 e. The molecule has 0 bridgehead atoms. The molecule has 6 nitrogen and oxygen atoms in total. The first-order chi connectivity index (χ1) is 8.03. The number of hydrogen-bond acceptors (Lipinski definition) is 3. The average Bonchev–Trinajstić information content (AvgIpc) is 2.98. The highest BCUT2D eigenvalue weighted by Gasteiger charge is 2.60. The summed E-state index contributed by atoms with van der Waals surface area (Å²) in [6.07, 6.45) is 3.98. The molecule has 0 aromatic rings. The Balaban J connectivity index is 1.63. The predicted molar refractivity (Wildman–Crippen MR) is 57.5 cm³/mol. The first kappa shape index (κ1) is 11.9. The maximum atomic E-state index is 11.6. The lowest BCUT2D eigenvalue weighted by Crippen LogP contribution is -2.43. The number of rotatable bonds is 4. The fourth-order valence-electron chi connectivity index (χ4n) is 2.40. The van der Waals surface area contributed by atoms with Gasteiger partial charge in [-0.2, -0.15) is 0 Å². The molecule has 2 aliphatic carbocycles. The standard InChI is InChI=1S/C11H16N2O4/c14-8(2-3-9(15)16)12-13-10(17)7-6-11(7)4-1-5-11/h7H,1-6H2,(H,12,14)(H,13,17)(H,15,16). The van der Waals surface area contributed by atoms with Gasteiger partial charge < -0.3 is 5.11 Å². The van der Waals surface area contributed by atoms with Gasteiger partial charge in [-0.25, -0.2) is 0 Å². The molecule has 0 heterocycles. The second kappa shape index (κ2) is 4.35. The third kappa shape index (κ3) is 2.57. The Kier molecular flexibility index (Phi) is 3.04. The van der Waals surface area contributed by atoms with Gasteiger partial charge >= 0.3 is 5.97 Å². The molecule has 0 aromatic carbocycles. The first-order valence-corrected chi connectivity index (χ1v) is 5.84. The summed E-state index contributed by atoms with van der Waals surface area (Å²) in [4.78, 5) is 33.0. The highest BCUT2D eigenvalue weighted by atomic mass is 16.4. The van der Waals surface area contributed by atoms with Gasteiger partial charge in [0.2, 0.25) is 11.8 Å². The van der Waals surface area contributed by atoms with Crippen LogP contribution in [0, 0.1) is 11.3 Å². The summed E-state index contributed by atoms with van der Waals surface area (Å²) in [5.41, 5.74) is 4.84. The number of aliphatic carboxylic acids is 1. The monoisotopic (exact) mass is 240 g/mol. The number of hydrazine groups is 1. The maximum Gasteiger partial charge on any atom is 0.303 e. The van der Waals surface area contributed by atoms with Crippen LogP contribution in [0.1, 0.15) is 38.5 Å². The Morgan fingerprint density at radius 2 is 1.88 bits per heavy atom. The molecule has 2 amide bonds. The van der Waals surface area contributed by atoms with Crippen LogP contribution in [0.25, 0.3) is 0 Å². The molecule has 1 atom stereocenters. The molecule has 94 valence electrons. The van der Waals surface area contributed by atoms with Crippen molar-refractivity contribution in [1.29, 1.82) is 0 Å². The third-order valence-corrected chi connectivity index (χ3v) is 3.75. The Morgan fingerprint density at radius 1 is 1.18 bits per heavy atom. The summed E-state index contributed by atoms with van der Waals surface area (Å²) < 4.78 is 0. The summed E-state index contributed by atoms with van der Waals surface area (Å²) >= 11 is 0. The molecule has 2 saturated carbocycles. The van der Waals surface area contributed by atoms with E-state index < -0.39 is 11.9 Å². The minimum atomic E-state index is -1.03. The number of amides is 2. The van der Waals surface area contributed by atoms with Crippen molar-refractivity contribution in [3.8, 4) is 0 Å². The summed E-state index contributed by atoms with van der Waals surface area (Å²) in [6, 6.07) is 0. The molecule has 0 saturated heterocycles. The summed E-state index contributed by atoms with van der Waals surface area (Å²) in [7, 11) is 0. The van der Waals surface area contributed by atoms with Crippen LogP contribution < -0.4 is 10.9 Å². The second-order valence-corrected chi connectivity index (χ2v) is 4.90. The average molecular weight is 240 g/mol. The fourth-order valence-corrected chi connectivity index (χ4v) is 2.40. The van der Waals surface area contributed by atoms with Crippen LogP contribution in [-0.2, 0) is 14.4 Å². The normalized spacial score (nSPS) is 23.6. The third-order valence-electron chi connectivity index (χ3n) is 3.75. The highest BCUT2D eigenvalue weighted by Crippen LogP contribution is 2.65. The van der Waals surface area contributed by atoms with Crippen LogP contribution in [0.3, 0.4) is 0 Å². The van der Waals surface area contributed by atoms with Crippen LogP contribution in [0.2, 0.25) is 0 Å². The number of carbonyl (C=O) groups excluding carboxylic acids is 2. The van der Waals surface area contributed by atoms with Crippen molar-refractivity contribution in [1.82, 2.24) is 10.9 Å². The van der Waals surface area contributed by atoms with Crippen molar-refractivity contribution in [2.24, 2.45) is 11.3 Å². The Morgan fingerprint density at radius 3 is 2.35 bits per heavy atom. The second-order valence-electron chi connectivity index (χ2n) is 4.90. The molecule has 0 aliphatic heterocycles. The van der Waals surface area contributed by atoms with E-state index >= 15 is 0 Å². The van der Waals surface area contributed by atoms with Crippen LogP contribution in [0.4, 0.5) is 0 Å². The van der Waals surface area contributed by atoms with Gasteiger partial charge in [-0.1, -0.05) is 6.42 Å². The SMILES string of the molecule is O=C(O)CCC(=O)NNC(=O)C1CC12CCC2. The van der Waals surface area contributed by atoms with E-state index in [1.807, 2.05) is 0 Å². The van der Waals surface area contributed by atoms with E-state index in [2.05, 4.69) is 10.9 Å². The van der Waals surface area contributed by atoms with Crippen LogP contribution in [0.5, 0.6) is 0 Å². The van der Waals surface area contributed by atoms with E-state index in [9.17, 15) is 14.4 Å². The molecular formula is C11H16N2O4. The lowest BCUT2D eigenvalue weighted by atomic mass is 9.80. The van der Waals surface area contributed by atoms with Gasteiger partial charge in [0, 0.05) is 12.3 Å². The Hall–Kier alpha value is -1.59.